The smallest absolute Gasteiger partial charge is 0.0178 e. The number of benzene rings is 1. The highest BCUT2D eigenvalue weighted by atomic mass is 14.1. The van der Waals surface area contributed by atoms with Gasteiger partial charge in [0.05, 0.1) is 0 Å². The largest absolute Gasteiger partial charge is 0.0906 e. The maximum Gasteiger partial charge on any atom is -0.0178 e. The monoisotopic (exact) mass is 187 g/mol. The summed E-state index contributed by atoms with van der Waals surface area (Å²) in [5.74, 6) is 0.582. The second kappa shape index (κ2) is 4.99. The summed E-state index contributed by atoms with van der Waals surface area (Å²) in [6.45, 7) is 10.4. The molecule has 0 N–H and O–H groups in total. The zero-order valence-corrected chi connectivity index (χ0v) is 9.43. The van der Waals surface area contributed by atoms with E-state index in [1.165, 1.54) is 17.5 Å². The van der Waals surface area contributed by atoms with Crippen LogP contribution in [0.1, 0.15) is 49.8 Å². The Morgan fingerprint density at radius 3 is 2.50 bits per heavy atom. The molecule has 0 saturated heterocycles. The van der Waals surface area contributed by atoms with Crippen molar-refractivity contribution in [2.75, 3.05) is 0 Å². The third-order valence-electron chi connectivity index (χ3n) is 2.42. The first-order chi connectivity index (χ1) is 6.67. The highest BCUT2D eigenvalue weighted by Gasteiger charge is 2.02. The van der Waals surface area contributed by atoms with Crippen LogP contribution in [0.4, 0.5) is 0 Å². The molecule has 0 unspecified atom stereocenters. The third kappa shape index (κ3) is 2.73. The van der Waals surface area contributed by atoms with E-state index in [1.807, 2.05) is 0 Å². The first-order valence-electron chi connectivity index (χ1n) is 5.34. The number of rotatable bonds is 4. The zero-order valence-electron chi connectivity index (χ0n) is 9.43. The summed E-state index contributed by atoms with van der Waals surface area (Å²) in [5.41, 5.74) is 3.92. The molecular formula is C14H19. The summed E-state index contributed by atoms with van der Waals surface area (Å²) in [6, 6.07) is 6.66. The molecule has 1 aromatic rings. The first-order valence-corrected chi connectivity index (χ1v) is 5.34. The van der Waals surface area contributed by atoms with E-state index in [0.29, 0.717) is 5.92 Å². The summed E-state index contributed by atoms with van der Waals surface area (Å²) >= 11 is 0. The van der Waals surface area contributed by atoms with E-state index in [1.54, 1.807) is 0 Å². The van der Waals surface area contributed by atoms with Gasteiger partial charge in [-0.1, -0.05) is 52.0 Å². The summed E-state index contributed by atoms with van der Waals surface area (Å²) in [7, 11) is 0. The van der Waals surface area contributed by atoms with Crippen molar-refractivity contribution < 1.29 is 0 Å². The topological polar surface area (TPSA) is 0 Å². The Morgan fingerprint density at radius 1 is 1.29 bits per heavy atom. The van der Waals surface area contributed by atoms with Gasteiger partial charge in [-0.15, -0.1) is 0 Å². The molecule has 0 saturated carbocycles. The van der Waals surface area contributed by atoms with Gasteiger partial charge in [-0.2, -0.15) is 0 Å². The van der Waals surface area contributed by atoms with Crippen LogP contribution in [0.25, 0.3) is 0 Å². The van der Waals surface area contributed by atoms with Gasteiger partial charge < -0.3 is 0 Å². The zero-order chi connectivity index (χ0) is 10.6. The van der Waals surface area contributed by atoms with Gasteiger partial charge in [0.25, 0.3) is 0 Å². The van der Waals surface area contributed by atoms with Crippen LogP contribution in [-0.4, -0.2) is 0 Å². The van der Waals surface area contributed by atoms with E-state index in [9.17, 15) is 0 Å². The molecular weight excluding hydrogens is 168 g/mol. The van der Waals surface area contributed by atoms with Crippen molar-refractivity contribution in [1.29, 1.82) is 0 Å². The van der Waals surface area contributed by atoms with Crippen LogP contribution in [0.5, 0.6) is 0 Å². The molecule has 0 bridgehead atoms. The second-order valence-electron chi connectivity index (χ2n) is 4.04. The van der Waals surface area contributed by atoms with Crippen molar-refractivity contribution in [3.05, 3.63) is 47.5 Å². The lowest BCUT2D eigenvalue weighted by Gasteiger charge is -2.09. The Bertz CT molecular complexity index is 308. The van der Waals surface area contributed by atoms with Crippen LogP contribution in [0, 0.1) is 6.08 Å². The number of hydrogen-bond acceptors (Lipinski definition) is 0. The summed E-state index contributed by atoms with van der Waals surface area (Å²) < 4.78 is 0. The minimum absolute atomic E-state index is 0.582. The van der Waals surface area contributed by atoms with E-state index in [2.05, 4.69) is 51.6 Å². The number of hydrogen-bond donors (Lipinski definition) is 0. The molecule has 0 fully saturated rings. The van der Waals surface area contributed by atoms with Gasteiger partial charge >= 0.3 is 0 Å². The fourth-order valence-electron chi connectivity index (χ4n) is 1.59. The summed E-state index contributed by atoms with van der Waals surface area (Å²) in [6.07, 6.45) is 5.31. The van der Waals surface area contributed by atoms with Crippen molar-refractivity contribution in [1.82, 2.24) is 0 Å². The minimum atomic E-state index is 0.582. The lowest BCUT2D eigenvalue weighted by atomic mass is 9.96. The molecule has 0 spiro atoms. The van der Waals surface area contributed by atoms with E-state index >= 15 is 0 Å². The highest BCUT2D eigenvalue weighted by Crippen LogP contribution is 2.19. The Hall–Kier alpha value is -1.04. The quantitative estimate of drug-likeness (QED) is 0.665. The molecule has 0 aliphatic rings. The van der Waals surface area contributed by atoms with Crippen molar-refractivity contribution >= 4 is 0 Å². The van der Waals surface area contributed by atoms with Gasteiger partial charge in [0.2, 0.25) is 0 Å². The molecule has 0 nitrogen and oxygen atoms in total. The predicted octanol–water partition coefficient (Wildman–Crippen LogP) is 4.10. The van der Waals surface area contributed by atoms with E-state index in [-0.39, 0.29) is 0 Å². The molecule has 0 aliphatic carbocycles. The summed E-state index contributed by atoms with van der Waals surface area (Å²) in [4.78, 5) is 0. The number of aryl methyl sites for hydroxylation is 1. The SMILES string of the molecule is C=[C]c1cc(CCC)cc(C(C)C)c1. The fraction of sp³-hybridized carbons (Fsp3) is 0.429. The van der Waals surface area contributed by atoms with Crippen molar-refractivity contribution in [3.63, 3.8) is 0 Å². The minimum Gasteiger partial charge on any atom is -0.0906 e. The highest BCUT2D eigenvalue weighted by molar-refractivity contribution is 5.34. The standard InChI is InChI=1S/C14H19/c1-5-7-13-8-12(6-2)9-14(10-13)11(3)4/h8-11H,2,5,7H2,1,3-4H3. The van der Waals surface area contributed by atoms with Gasteiger partial charge in [0.15, 0.2) is 0 Å². The van der Waals surface area contributed by atoms with E-state index < -0.39 is 0 Å². The molecule has 0 aliphatic heterocycles. The van der Waals surface area contributed by atoms with Crippen LogP contribution in [0.15, 0.2) is 24.8 Å². The molecule has 1 radical (unpaired) electrons. The van der Waals surface area contributed by atoms with Crippen LogP contribution < -0.4 is 0 Å². The van der Waals surface area contributed by atoms with Crippen molar-refractivity contribution in [2.45, 2.75) is 39.5 Å². The first kappa shape index (κ1) is 11.0. The van der Waals surface area contributed by atoms with E-state index in [4.69, 9.17) is 0 Å². The second-order valence-corrected chi connectivity index (χ2v) is 4.04. The Balaban J connectivity index is 3.06. The molecule has 1 rings (SSSR count). The molecule has 1 aromatic carbocycles. The van der Waals surface area contributed by atoms with Gasteiger partial charge in [0, 0.05) is 0 Å². The molecule has 0 atom stereocenters. The lowest BCUT2D eigenvalue weighted by Crippen LogP contribution is -1.93. The maximum atomic E-state index is 3.71. The van der Waals surface area contributed by atoms with Gasteiger partial charge in [-0.3, -0.25) is 0 Å². The maximum absolute atomic E-state index is 3.71. The van der Waals surface area contributed by atoms with Gasteiger partial charge in [-0.05, 0) is 35.1 Å². The van der Waals surface area contributed by atoms with Gasteiger partial charge in [-0.25, -0.2) is 0 Å². The average molecular weight is 187 g/mol. The van der Waals surface area contributed by atoms with Crippen LogP contribution in [-0.2, 0) is 6.42 Å². The van der Waals surface area contributed by atoms with Crippen LogP contribution in [0.2, 0.25) is 0 Å². The summed E-state index contributed by atoms with van der Waals surface area (Å²) in [5, 5.41) is 0. The third-order valence-corrected chi connectivity index (χ3v) is 2.42. The van der Waals surface area contributed by atoms with Crippen LogP contribution in [0.3, 0.4) is 0 Å². The van der Waals surface area contributed by atoms with Crippen molar-refractivity contribution in [3.8, 4) is 0 Å². The molecule has 75 valence electrons. The van der Waals surface area contributed by atoms with Gasteiger partial charge in [0.1, 0.15) is 0 Å². The molecule has 0 heteroatoms. The Morgan fingerprint density at radius 2 is 2.00 bits per heavy atom. The van der Waals surface area contributed by atoms with E-state index in [0.717, 1.165) is 12.0 Å². The Kier molecular flexibility index (Phi) is 3.94. The van der Waals surface area contributed by atoms with Crippen LogP contribution >= 0.6 is 0 Å². The average Bonchev–Trinajstić information content (AvgIpc) is 2.17. The molecule has 0 heterocycles. The lowest BCUT2D eigenvalue weighted by molar-refractivity contribution is 0.852. The molecule has 14 heavy (non-hydrogen) atoms. The molecule has 0 aromatic heterocycles. The molecule has 0 amide bonds. The fourth-order valence-corrected chi connectivity index (χ4v) is 1.59. The normalized spacial score (nSPS) is 10.6. The Labute approximate surface area is 87.7 Å². The predicted molar refractivity (Wildman–Crippen MR) is 62.5 cm³/mol. The van der Waals surface area contributed by atoms with Crippen molar-refractivity contribution in [2.24, 2.45) is 0 Å².